The van der Waals surface area contributed by atoms with Crippen molar-refractivity contribution in [2.45, 2.75) is 34.6 Å². The molecule has 1 N–H and O–H groups in total. The van der Waals surface area contributed by atoms with Crippen LogP contribution < -0.4 is 14.8 Å². The van der Waals surface area contributed by atoms with Crippen molar-refractivity contribution >= 4 is 17.7 Å². The summed E-state index contributed by atoms with van der Waals surface area (Å²) in [6.07, 6.45) is 7.29. The minimum atomic E-state index is -0.196. The Morgan fingerprint density at radius 1 is 0.900 bits per heavy atom. The lowest BCUT2D eigenvalue weighted by Crippen LogP contribution is -2.07. The third kappa shape index (κ3) is 8.39. The SMILES string of the molecule is CC(C)=CCOc1ccc(/C=C/C(=O)Nc2ccc(C)cc2)c(OCC=C(C)C)c1. The Morgan fingerprint density at radius 3 is 2.17 bits per heavy atom. The molecule has 0 aliphatic carbocycles. The maximum atomic E-state index is 12.3. The van der Waals surface area contributed by atoms with Gasteiger partial charge in [-0.2, -0.15) is 0 Å². The van der Waals surface area contributed by atoms with Crippen molar-refractivity contribution in [3.8, 4) is 11.5 Å². The van der Waals surface area contributed by atoms with Gasteiger partial charge in [-0.25, -0.2) is 0 Å². The highest BCUT2D eigenvalue weighted by Crippen LogP contribution is 2.26. The maximum Gasteiger partial charge on any atom is 0.248 e. The summed E-state index contributed by atoms with van der Waals surface area (Å²) in [6.45, 7) is 11.1. The van der Waals surface area contributed by atoms with Gasteiger partial charge in [-0.15, -0.1) is 0 Å². The van der Waals surface area contributed by atoms with E-state index in [2.05, 4.69) is 5.32 Å². The van der Waals surface area contributed by atoms with Crippen LogP contribution in [0.2, 0.25) is 0 Å². The smallest absolute Gasteiger partial charge is 0.248 e. The second-order valence-corrected chi connectivity index (χ2v) is 7.57. The average Bonchev–Trinajstić information content (AvgIpc) is 2.68. The Balaban J connectivity index is 2.13. The van der Waals surface area contributed by atoms with Crippen LogP contribution in [-0.2, 0) is 4.79 Å². The van der Waals surface area contributed by atoms with E-state index in [1.54, 1.807) is 6.08 Å². The summed E-state index contributed by atoms with van der Waals surface area (Å²) in [5, 5.41) is 2.86. The zero-order chi connectivity index (χ0) is 21.9. The lowest BCUT2D eigenvalue weighted by atomic mass is 10.1. The quantitative estimate of drug-likeness (QED) is 0.391. The minimum absolute atomic E-state index is 0.196. The molecule has 4 nitrogen and oxygen atoms in total. The van der Waals surface area contributed by atoms with E-state index < -0.39 is 0 Å². The Hall–Kier alpha value is -3.27. The summed E-state index contributed by atoms with van der Waals surface area (Å²) < 4.78 is 11.7. The number of hydrogen-bond acceptors (Lipinski definition) is 3. The highest BCUT2D eigenvalue weighted by atomic mass is 16.5. The fraction of sp³-hybridized carbons (Fsp3) is 0.269. The summed E-state index contributed by atoms with van der Waals surface area (Å²) in [4.78, 5) is 12.3. The molecule has 0 aromatic heterocycles. The molecule has 1 amide bonds. The first-order valence-electron chi connectivity index (χ1n) is 10.1. The molecule has 4 heteroatoms. The van der Waals surface area contributed by atoms with Crippen molar-refractivity contribution in [1.82, 2.24) is 0 Å². The number of nitrogens with one attached hydrogen (secondary N) is 1. The summed E-state index contributed by atoms with van der Waals surface area (Å²) in [5.41, 5.74) is 5.10. The Labute approximate surface area is 179 Å². The molecule has 0 heterocycles. The topological polar surface area (TPSA) is 47.6 Å². The Morgan fingerprint density at radius 2 is 1.53 bits per heavy atom. The molecule has 0 aliphatic rings. The third-order valence-electron chi connectivity index (χ3n) is 4.19. The monoisotopic (exact) mass is 405 g/mol. The average molecular weight is 406 g/mol. The second kappa shape index (κ2) is 11.7. The number of benzene rings is 2. The van der Waals surface area contributed by atoms with E-state index in [1.807, 2.05) is 89.2 Å². The van der Waals surface area contributed by atoms with E-state index in [0.29, 0.717) is 19.0 Å². The van der Waals surface area contributed by atoms with Crippen molar-refractivity contribution in [3.05, 3.63) is 83.0 Å². The molecule has 2 rings (SSSR count). The fourth-order valence-electron chi connectivity index (χ4n) is 2.46. The predicted octanol–water partition coefficient (Wildman–Crippen LogP) is 6.34. The van der Waals surface area contributed by atoms with E-state index in [1.165, 1.54) is 17.2 Å². The first-order chi connectivity index (χ1) is 14.3. The zero-order valence-electron chi connectivity index (χ0n) is 18.5. The predicted molar refractivity (Wildman–Crippen MR) is 125 cm³/mol. The van der Waals surface area contributed by atoms with Gasteiger partial charge in [0.05, 0.1) is 0 Å². The lowest BCUT2D eigenvalue weighted by Gasteiger charge is -2.11. The fourth-order valence-corrected chi connectivity index (χ4v) is 2.46. The molecule has 0 radical (unpaired) electrons. The van der Waals surface area contributed by atoms with Crippen LogP contribution in [0.4, 0.5) is 5.69 Å². The molecule has 2 aromatic rings. The van der Waals surface area contributed by atoms with Gasteiger partial charge < -0.3 is 14.8 Å². The van der Waals surface area contributed by atoms with Gasteiger partial charge in [0.2, 0.25) is 5.91 Å². The number of carbonyl (C=O) groups is 1. The third-order valence-corrected chi connectivity index (χ3v) is 4.19. The number of carbonyl (C=O) groups excluding carboxylic acids is 1. The molecule has 0 saturated carbocycles. The van der Waals surface area contributed by atoms with E-state index in [0.717, 1.165) is 22.6 Å². The van der Waals surface area contributed by atoms with Crippen molar-refractivity contribution in [2.75, 3.05) is 18.5 Å². The summed E-state index contributed by atoms with van der Waals surface area (Å²) in [5.74, 6) is 1.19. The van der Waals surface area contributed by atoms with Gasteiger partial charge >= 0.3 is 0 Å². The number of anilines is 1. The standard InChI is InChI=1S/C26H31NO3/c1-19(2)14-16-29-24-12-8-22(25(18-24)30-17-15-20(3)4)9-13-26(28)27-23-10-6-21(5)7-11-23/h6-15,18H,16-17H2,1-5H3,(H,27,28)/b13-9+. The molecular weight excluding hydrogens is 374 g/mol. The van der Waals surface area contributed by atoms with Crippen LogP contribution in [0, 0.1) is 6.92 Å². The van der Waals surface area contributed by atoms with Crippen molar-refractivity contribution in [1.29, 1.82) is 0 Å². The number of allylic oxidation sites excluding steroid dienone is 2. The number of amides is 1. The summed E-state index contributed by atoms with van der Waals surface area (Å²) in [7, 11) is 0. The van der Waals surface area contributed by atoms with Crippen molar-refractivity contribution < 1.29 is 14.3 Å². The van der Waals surface area contributed by atoms with Gasteiger partial charge in [0, 0.05) is 23.4 Å². The van der Waals surface area contributed by atoms with Crippen LogP contribution >= 0.6 is 0 Å². The van der Waals surface area contributed by atoms with E-state index in [4.69, 9.17) is 9.47 Å². The van der Waals surface area contributed by atoms with Crippen molar-refractivity contribution in [2.24, 2.45) is 0 Å². The van der Waals surface area contributed by atoms with E-state index >= 15 is 0 Å². The van der Waals surface area contributed by atoms with Crippen LogP contribution in [0.25, 0.3) is 6.08 Å². The number of ether oxygens (including phenoxy) is 2. The van der Waals surface area contributed by atoms with Gasteiger partial charge in [0.1, 0.15) is 24.7 Å². The first kappa shape index (κ1) is 23.0. The van der Waals surface area contributed by atoms with Gasteiger partial charge in [0.15, 0.2) is 0 Å². The summed E-state index contributed by atoms with van der Waals surface area (Å²) in [6, 6.07) is 13.3. The molecule has 2 aromatic carbocycles. The number of aryl methyl sites for hydroxylation is 1. The highest BCUT2D eigenvalue weighted by Gasteiger charge is 2.05. The lowest BCUT2D eigenvalue weighted by molar-refractivity contribution is -0.111. The van der Waals surface area contributed by atoms with Gasteiger partial charge in [-0.3, -0.25) is 4.79 Å². The molecule has 0 bridgehead atoms. The van der Waals surface area contributed by atoms with Crippen LogP contribution in [0.3, 0.4) is 0 Å². The molecule has 30 heavy (non-hydrogen) atoms. The number of hydrogen-bond donors (Lipinski definition) is 1. The molecule has 0 aliphatic heterocycles. The van der Waals surface area contributed by atoms with Crippen LogP contribution in [-0.4, -0.2) is 19.1 Å². The Kier molecular flexibility index (Phi) is 8.95. The highest BCUT2D eigenvalue weighted by molar-refractivity contribution is 6.02. The summed E-state index contributed by atoms with van der Waals surface area (Å²) >= 11 is 0. The normalized spacial score (nSPS) is 10.4. The van der Waals surface area contributed by atoms with Gasteiger partial charge in [-0.05, 0) is 77.1 Å². The van der Waals surface area contributed by atoms with Gasteiger partial charge in [0.25, 0.3) is 0 Å². The minimum Gasteiger partial charge on any atom is -0.489 e. The van der Waals surface area contributed by atoms with Crippen LogP contribution in [0.5, 0.6) is 11.5 Å². The number of rotatable bonds is 9. The second-order valence-electron chi connectivity index (χ2n) is 7.57. The first-order valence-corrected chi connectivity index (χ1v) is 10.1. The molecule has 0 fully saturated rings. The maximum absolute atomic E-state index is 12.3. The van der Waals surface area contributed by atoms with E-state index in [-0.39, 0.29) is 5.91 Å². The molecule has 0 spiro atoms. The molecule has 0 unspecified atom stereocenters. The van der Waals surface area contributed by atoms with Gasteiger partial charge in [-0.1, -0.05) is 28.8 Å². The Bertz CT molecular complexity index is 929. The molecule has 0 atom stereocenters. The molecular formula is C26H31NO3. The van der Waals surface area contributed by atoms with E-state index in [9.17, 15) is 4.79 Å². The van der Waals surface area contributed by atoms with Crippen LogP contribution in [0.15, 0.2) is 71.8 Å². The van der Waals surface area contributed by atoms with Crippen LogP contribution in [0.1, 0.15) is 38.8 Å². The molecule has 0 saturated heterocycles. The zero-order valence-corrected chi connectivity index (χ0v) is 18.5. The largest absolute Gasteiger partial charge is 0.489 e. The molecule has 158 valence electrons. The van der Waals surface area contributed by atoms with Crippen molar-refractivity contribution in [3.63, 3.8) is 0 Å².